The van der Waals surface area contributed by atoms with E-state index in [2.05, 4.69) is 31.9 Å². The molecule has 0 heterocycles. The van der Waals surface area contributed by atoms with Crippen LogP contribution in [-0.4, -0.2) is 20.2 Å². The van der Waals surface area contributed by atoms with Crippen molar-refractivity contribution in [1.29, 1.82) is 0 Å². The van der Waals surface area contributed by atoms with Crippen molar-refractivity contribution < 1.29 is 19.0 Å². The molecule has 0 aliphatic heterocycles. The zero-order valence-corrected chi connectivity index (χ0v) is 16.4. The van der Waals surface area contributed by atoms with Crippen LogP contribution in [0.15, 0.2) is 57.7 Å². The summed E-state index contributed by atoms with van der Waals surface area (Å²) in [6.07, 6.45) is 1.38. The molecule has 0 bridgehead atoms. The summed E-state index contributed by atoms with van der Waals surface area (Å²) in [7, 11) is 2.82. The molecule has 4 nitrogen and oxygen atoms in total. The van der Waals surface area contributed by atoms with E-state index in [1.54, 1.807) is 0 Å². The first kappa shape index (κ1) is 18.5. The Bertz CT molecular complexity index is 756. The van der Waals surface area contributed by atoms with Gasteiger partial charge in [-0.05, 0) is 45.3 Å². The smallest absolute Gasteiger partial charge is 0.341 e. The predicted octanol–water partition coefficient (Wildman–Crippen LogP) is 4.95. The summed E-state index contributed by atoms with van der Waals surface area (Å²) in [5.41, 5.74) is 1.90. The molecule has 0 amide bonds. The Morgan fingerprint density at radius 1 is 1.12 bits per heavy atom. The Hall–Kier alpha value is -1.79. The second-order valence-electron chi connectivity index (χ2n) is 4.78. The topological polar surface area (TPSA) is 44.8 Å². The first-order valence-electron chi connectivity index (χ1n) is 7.04. The number of methoxy groups -OCH3 is 2. The van der Waals surface area contributed by atoms with Crippen LogP contribution < -0.4 is 4.74 Å². The third-order valence-corrected chi connectivity index (χ3v) is 4.34. The first-order chi connectivity index (χ1) is 11.6. The largest absolute Gasteiger partial charge is 0.503 e. The van der Waals surface area contributed by atoms with Crippen molar-refractivity contribution >= 4 is 43.4 Å². The van der Waals surface area contributed by atoms with Crippen LogP contribution in [0.2, 0.25) is 0 Å². The van der Waals surface area contributed by atoms with Crippen LogP contribution in [0.1, 0.15) is 11.1 Å². The highest BCUT2D eigenvalue weighted by atomic mass is 79.9. The molecule has 0 spiro atoms. The molecule has 0 unspecified atom stereocenters. The molecule has 0 N–H and O–H groups in total. The number of ether oxygens (including phenoxy) is 3. The van der Waals surface area contributed by atoms with E-state index in [4.69, 9.17) is 14.2 Å². The Labute approximate surface area is 157 Å². The molecule has 2 rings (SSSR count). The molecule has 0 radical (unpaired) electrons. The van der Waals surface area contributed by atoms with E-state index in [-0.39, 0.29) is 0 Å². The highest BCUT2D eigenvalue weighted by Gasteiger charge is 2.17. The maximum atomic E-state index is 12.0. The van der Waals surface area contributed by atoms with Gasteiger partial charge in [-0.3, -0.25) is 0 Å². The molecule has 24 heavy (non-hydrogen) atoms. The van der Waals surface area contributed by atoms with E-state index in [9.17, 15) is 4.79 Å². The van der Waals surface area contributed by atoms with E-state index in [1.165, 1.54) is 20.5 Å². The molecule has 2 aromatic rings. The number of hydrogen-bond donors (Lipinski definition) is 0. The Kier molecular flexibility index (Phi) is 6.87. The number of rotatable bonds is 6. The lowest BCUT2D eigenvalue weighted by molar-refractivity contribution is -0.133. The van der Waals surface area contributed by atoms with E-state index in [0.717, 1.165) is 14.5 Å². The molecule has 0 saturated carbocycles. The molecule has 6 heteroatoms. The number of hydrogen-bond acceptors (Lipinski definition) is 4. The molecule has 2 aromatic carbocycles. The van der Waals surface area contributed by atoms with Crippen molar-refractivity contribution in [3.63, 3.8) is 0 Å². The Morgan fingerprint density at radius 2 is 1.88 bits per heavy atom. The Morgan fingerprint density at radius 3 is 2.54 bits per heavy atom. The fourth-order valence-corrected chi connectivity index (χ4v) is 3.27. The minimum atomic E-state index is -0.464. The average Bonchev–Trinajstić information content (AvgIpc) is 2.59. The quantitative estimate of drug-likeness (QED) is 0.351. The Balaban J connectivity index is 2.28. The van der Waals surface area contributed by atoms with Crippen LogP contribution in [0.5, 0.6) is 5.75 Å². The van der Waals surface area contributed by atoms with Gasteiger partial charge in [-0.15, -0.1) is 0 Å². The summed E-state index contributed by atoms with van der Waals surface area (Å²) in [6.45, 7) is 0.300. The van der Waals surface area contributed by atoms with E-state index in [0.29, 0.717) is 23.5 Å². The third-order valence-electron chi connectivity index (χ3n) is 3.23. The molecule has 0 atom stereocenters. The number of halogens is 2. The monoisotopic (exact) mass is 454 g/mol. The fraction of sp³-hybridized carbons (Fsp3) is 0.167. The SMILES string of the molecule is CO/C=C(/C(=O)OC)c1ccccc1COc1ccc(Br)cc1Br. The van der Waals surface area contributed by atoms with Crippen LogP contribution in [-0.2, 0) is 20.9 Å². The van der Waals surface area contributed by atoms with Gasteiger partial charge in [-0.25, -0.2) is 4.79 Å². The minimum Gasteiger partial charge on any atom is -0.503 e. The van der Waals surface area contributed by atoms with Gasteiger partial charge in [-0.2, -0.15) is 0 Å². The van der Waals surface area contributed by atoms with Crippen LogP contribution >= 0.6 is 31.9 Å². The molecular weight excluding hydrogens is 440 g/mol. The lowest BCUT2D eigenvalue weighted by Gasteiger charge is -2.13. The van der Waals surface area contributed by atoms with E-state index in [1.807, 2.05) is 42.5 Å². The summed E-state index contributed by atoms with van der Waals surface area (Å²) in [6, 6.07) is 13.1. The van der Waals surface area contributed by atoms with Crippen molar-refractivity contribution in [1.82, 2.24) is 0 Å². The summed E-state index contributed by atoms with van der Waals surface area (Å²) in [5, 5.41) is 0. The second-order valence-corrected chi connectivity index (χ2v) is 6.55. The average molecular weight is 456 g/mol. The van der Waals surface area contributed by atoms with Crippen molar-refractivity contribution in [3.8, 4) is 5.75 Å². The van der Waals surface area contributed by atoms with Crippen LogP contribution in [0.25, 0.3) is 5.57 Å². The van der Waals surface area contributed by atoms with E-state index >= 15 is 0 Å². The minimum absolute atomic E-state index is 0.300. The zero-order chi connectivity index (χ0) is 17.5. The van der Waals surface area contributed by atoms with Crippen molar-refractivity contribution in [2.24, 2.45) is 0 Å². The third kappa shape index (κ3) is 4.61. The van der Waals surface area contributed by atoms with Crippen LogP contribution in [0.3, 0.4) is 0 Å². The van der Waals surface area contributed by atoms with Gasteiger partial charge in [0.15, 0.2) is 0 Å². The molecule has 0 fully saturated rings. The summed E-state index contributed by atoms with van der Waals surface area (Å²) in [5.74, 6) is 0.248. The normalized spacial score (nSPS) is 11.1. The number of esters is 1. The van der Waals surface area contributed by atoms with Gasteiger partial charge in [0.25, 0.3) is 0 Å². The standard InChI is InChI=1S/C18H16Br2O4/c1-22-11-15(18(21)23-2)14-6-4-3-5-12(14)10-24-17-8-7-13(19)9-16(17)20/h3-9,11H,10H2,1-2H3/b15-11+. The van der Waals surface area contributed by atoms with Crippen LogP contribution in [0.4, 0.5) is 0 Å². The molecular formula is C18H16Br2O4. The van der Waals surface area contributed by atoms with Gasteiger partial charge in [0.2, 0.25) is 0 Å². The molecule has 0 aliphatic rings. The maximum Gasteiger partial charge on any atom is 0.341 e. The number of carbonyl (C=O) groups is 1. The zero-order valence-electron chi connectivity index (χ0n) is 13.2. The number of carbonyl (C=O) groups excluding carboxylic acids is 1. The maximum absolute atomic E-state index is 12.0. The lowest BCUT2D eigenvalue weighted by atomic mass is 10.0. The molecule has 0 saturated heterocycles. The van der Waals surface area contributed by atoms with Crippen LogP contribution in [0, 0.1) is 0 Å². The lowest BCUT2D eigenvalue weighted by Crippen LogP contribution is -2.08. The van der Waals surface area contributed by atoms with Gasteiger partial charge in [0.1, 0.15) is 17.9 Å². The van der Waals surface area contributed by atoms with Gasteiger partial charge in [-0.1, -0.05) is 40.2 Å². The van der Waals surface area contributed by atoms with Gasteiger partial charge < -0.3 is 14.2 Å². The number of benzene rings is 2. The van der Waals surface area contributed by atoms with Crippen molar-refractivity contribution in [2.45, 2.75) is 6.61 Å². The summed E-state index contributed by atoms with van der Waals surface area (Å²) in [4.78, 5) is 12.0. The first-order valence-corrected chi connectivity index (χ1v) is 8.62. The van der Waals surface area contributed by atoms with Gasteiger partial charge in [0, 0.05) is 4.47 Å². The predicted molar refractivity (Wildman–Crippen MR) is 99.6 cm³/mol. The fourth-order valence-electron chi connectivity index (χ4n) is 2.11. The van der Waals surface area contributed by atoms with Crippen molar-refractivity contribution in [2.75, 3.05) is 14.2 Å². The highest BCUT2D eigenvalue weighted by molar-refractivity contribution is 9.11. The van der Waals surface area contributed by atoms with Crippen molar-refractivity contribution in [3.05, 3.63) is 68.8 Å². The highest BCUT2D eigenvalue weighted by Crippen LogP contribution is 2.30. The molecule has 126 valence electrons. The molecule has 0 aliphatic carbocycles. The van der Waals surface area contributed by atoms with Gasteiger partial charge in [0.05, 0.1) is 25.0 Å². The summed E-state index contributed by atoms with van der Waals surface area (Å²) < 4.78 is 17.5. The summed E-state index contributed by atoms with van der Waals surface area (Å²) >= 11 is 6.87. The van der Waals surface area contributed by atoms with E-state index < -0.39 is 5.97 Å². The van der Waals surface area contributed by atoms with Gasteiger partial charge >= 0.3 is 5.97 Å². The second kappa shape index (κ2) is 8.89. The molecule has 0 aromatic heterocycles.